The third kappa shape index (κ3) is 4.11. The molecular formula is C36H51NO. The molecule has 38 heavy (non-hydrogen) atoms. The van der Waals surface area contributed by atoms with Gasteiger partial charge in [0.15, 0.2) is 5.78 Å². The summed E-state index contributed by atoms with van der Waals surface area (Å²) in [5, 5.41) is 0. The van der Waals surface area contributed by atoms with E-state index in [0.717, 1.165) is 35.9 Å². The van der Waals surface area contributed by atoms with E-state index in [-0.39, 0.29) is 10.8 Å². The molecule has 5 rings (SSSR count). The molecule has 0 saturated heterocycles. The molecule has 4 aliphatic carbocycles. The second-order valence-corrected chi connectivity index (χ2v) is 14.9. The zero-order chi connectivity index (χ0) is 27.5. The first-order chi connectivity index (χ1) is 17.8. The Morgan fingerprint density at radius 1 is 0.921 bits per heavy atom. The minimum absolute atomic E-state index is 0.144. The first kappa shape index (κ1) is 27.6. The first-order valence-corrected chi connectivity index (χ1v) is 15.3. The van der Waals surface area contributed by atoms with Crippen molar-refractivity contribution in [3.05, 3.63) is 59.0 Å². The third-order valence-corrected chi connectivity index (χ3v) is 12.5. The number of rotatable bonds is 4. The quantitative estimate of drug-likeness (QED) is 0.296. The van der Waals surface area contributed by atoms with Crippen molar-refractivity contribution in [1.29, 1.82) is 0 Å². The highest BCUT2D eigenvalue weighted by molar-refractivity contribution is 6.04. The molecule has 0 spiro atoms. The Bertz CT molecular complexity index is 1170. The summed E-state index contributed by atoms with van der Waals surface area (Å²) in [5.41, 5.74) is 5.47. The van der Waals surface area contributed by atoms with Gasteiger partial charge in [-0.25, -0.2) is 0 Å². The van der Waals surface area contributed by atoms with Crippen LogP contribution in [0.25, 0.3) is 6.08 Å². The molecule has 0 aromatic carbocycles. The first-order valence-electron chi connectivity index (χ1n) is 15.3. The van der Waals surface area contributed by atoms with Gasteiger partial charge >= 0.3 is 0 Å². The normalized spacial score (nSPS) is 41.3. The second-order valence-electron chi connectivity index (χ2n) is 14.9. The van der Waals surface area contributed by atoms with Crippen LogP contribution in [0.4, 0.5) is 0 Å². The molecule has 2 nitrogen and oxygen atoms in total. The highest BCUT2D eigenvalue weighted by atomic mass is 16.1. The van der Waals surface area contributed by atoms with Crippen molar-refractivity contribution in [2.75, 3.05) is 0 Å². The molecular weight excluding hydrogens is 462 g/mol. The summed E-state index contributed by atoms with van der Waals surface area (Å²) in [6, 6.07) is 6.00. The molecule has 4 saturated carbocycles. The average molecular weight is 514 g/mol. The highest BCUT2D eigenvalue weighted by Crippen LogP contribution is 2.75. The molecule has 0 radical (unpaired) electrons. The molecule has 2 heteroatoms. The zero-order valence-electron chi connectivity index (χ0n) is 25.4. The van der Waals surface area contributed by atoms with E-state index < -0.39 is 0 Å². The van der Waals surface area contributed by atoms with Gasteiger partial charge in [-0.3, -0.25) is 9.78 Å². The number of hydrogen-bond acceptors (Lipinski definition) is 2. The van der Waals surface area contributed by atoms with Crippen molar-refractivity contribution in [2.45, 2.75) is 107 Å². The fourth-order valence-corrected chi connectivity index (χ4v) is 10.5. The number of pyridine rings is 1. The Balaban J connectivity index is 1.49. The lowest BCUT2D eigenvalue weighted by Gasteiger charge is -2.69. The van der Waals surface area contributed by atoms with E-state index in [1.165, 1.54) is 44.1 Å². The van der Waals surface area contributed by atoms with Gasteiger partial charge in [-0.05, 0) is 136 Å². The van der Waals surface area contributed by atoms with Crippen LogP contribution in [0.1, 0.15) is 112 Å². The molecule has 0 amide bonds. The Morgan fingerprint density at radius 3 is 2.34 bits per heavy atom. The van der Waals surface area contributed by atoms with Crippen LogP contribution < -0.4 is 0 Å². The molecule has 206 valence electrons. The number of nitrogens with zero attached hydrogens (tertiary/aromatic N) is 1. The molecule has 1 aromatic heterocycles. The molecule has 0 unspecified atom stereocenters. The molecule has 1 aromatic rings. The minimum Gasteiger partial charge on any atom is -0.294 e. The predicted molar refractivity (Wildman–Crippen MR) is 159 cm³/mol. The van der Waals surface area contributed by atoms with E-state index >= 15 is 0 Å². The smallest absolute Gasteiger partial charge is 0.164 e. The summed E-state index contributed by atoms with van der Waals surface area (Å²) in [6.07, 6.45) is 18.6. The van der Waals surface area contributed by atoms with Crippen LogP contribution in [-0.2, 0) is 4.79 Å². The van der Waals surface area contributed by atoms with Gasteiger partial charge < -0.3 is 0 Å². The number of aromatic nitrogens is 1. The fraction of sp³-hybridized carbons (Fsp3) is 0.667. The van der Waals surface area contributed by atoms with Crippen molar-refractivity contribution in [3.8, 4) is 0 Å². The number of carbonyl (C=O) groups is 1. The van der Waals surface area contributed by atoms with Gasteiger partial charge in [-0.15, -0.1) is 0 Å². The molecule has 0 N–H and O–H groups in total. The van der Waals surface area contributed by atoms with E-state index in [9.17, 15) is 4.79 Å². The van der Waals surface area contributed by atoms with Crippen molar-refractivity contribution < 1.29 is 4.79 Å². The predicted octanol–water partition coefficient (Wildman–Crippen LogP) is 9.63. The summed E-state index contributed by atoms with van der Waals surface area (Å²) < 4.78 is 0. The number of hydrogen-bond donors (Lipinski definition) is 0. The summed E-state index contributed by atoms with van der Waals surface area (Å²) >= 11 is 0. The molecule has 1 heterocycles. The standard InChI is InChI=1S/C36H51NO/c1-24(2)12-11-13-25(3)28-17-19-35(7)29(28)15-16-31-34(6)23-26(22-27-14-9-10-21-37-27)32(38)33(4,5)30(34)18-20-36(31,35)8/h9-10,12-14,21-22,28-31H,11,15-20,23H2,1-8H3/b25-13-,26-22-/t28-,29-,30+,31-,34+,35-,36-/m1/s1. The summed E-state index contributed by atoms with van der Waals surface area (Å²) in [7, 11) is 0. The van der Waals surface area contributed by atoms with E-state index in [4.69, 9.17) is 0 Å². The number of fused-ring (bicyclic) bond motifs is 5. The van der Waals surface area contributed by atoms with E-state index in [1.807, 2.05) is 24.4 Å². The van der Waals surface area contributed by atoms with Crippen molar-refractivity contribution in [3.63, 3.8) is 0 Å². The van der Waals surface area contributed by atoms with Gasteiger partial charge in [0, 0.05) is 11.6 Å². The maximum absolute atomic E-state index is 13.9. The number of allylic oxidation sites excluding steroid dienone is 5. The van der Waals surface area contributed by atoms with Crippen molar-refractivity contribution >= 4 is 11.9 Å². The lowest BCUT2D eigenvalue weighted by Crippen LogP contribution is -2.63. The molecule has 4 fully saturated rings. The van der Waals surface area contributed by atoms with Crippen LogP contribution >= 0.6 is 0 Å². The van der Waals surface area contributed by atoms with Crippen LogP contribution in [0.5, 0.6) is 0 Å². The van der Waals surface area contributed by atoms with Crippen LogP contribution in [0.2, 0.25) is 0 Å². The van der Waals surface area contributed by atoms with Gasteiger partial charge in [0.1, 0.15) is 0 Å². The maximum atomic E-state index is 13.9. The monoisotopic (exact) mass is 513 g/mol. The van der Waals surface area contributed by atoms with Crippen LogP contribution in [0, 0.1) is 45.3 Å². The average Bonchev–Trinajstić information content (AvgIpc) is 3.21. The lowest BCUT2D eigenvalue weighted by molar-refractivity contribution is -0.195. The molecule has 0 aliphatic heterocycles. The Kier molecular flexibility index (Phi) is 6.97. The number of carbonyl (C=O) groups excluding carboxylic acids is 1. The third-order valence-electron chi connectivity index (χ3n) is 12.5. The van der Waals surface area contributed by atoms with Crippen LogP contribution in [-0.4, -0.2) is 10.8 Å². The largest absolute Gasteiger partial charge is 0.294 e. The minimum atomic E-state index is -0.324. The van der Waals surface area contributed by atoms with Gasteiger partial charge in [0.05, 0.1) is 5.69 Å². The maximum Gasteiger partial charge on any atom is 0.164 e. The molecule has 7 atom stereocenters. The van der Waals surface area contributed by atoms with Crippen molar-refractivity contribution in [2.24, 2.45) is 45.3 Å². The lowest BCUT2D eigenvalue weighted by atomic mass is 9.35. The Morgan fingerprint density at radius 2 is 1.66 bits per heavy atom. The van der Waals surface area contributed by atoms with E-state index in [0.29, 0.717) is 28.4 Å². The summed E-state index contributed by atoms with van der Waals surface area (Å²) in [6.45, 7) is 19.2. The van der Waals surface area contributed by atoms with Gasteiger partial charge in [-0.1, -0.05) is 64.0 Å². The van der Waals surface area contributed by atoms with Crippen molar-refractivity contribution in [1.82, 2.24) is 4.98 Å². The van der Waals surface area contributed by atoms with Gasteiger partial charge in [0.25, 0.3) is 0 Å². The van der Waals surface area contributed by atoms with Gasteiger partial charge in [0.2, 0.25) is 0 Å². The topological polar surface area (TPSA) is 30.0 Å². The van der Waals surface area contributed by atoms with Crippen LogP contribution in [0.15, 0.2) is 53.3 Å². The SMILES string of the molecule is CC(C)=CC/C=C(/C)[C@H]1CC[C@]2(C)[C@@H]1CC[C@@H]1[C@@]3(C)C/C(=C/c4ccccn4)C(=O)C(C)(C)[C@@H]3CC[C@]12C. The van der Waals surface area contributed by atoms with E-state index in [2.05, 4.69) is 78.6 Å². The van der Waals surface area contributed by atoms with Crippen LogP contribution in [0.3, 0.4) is 0 Å². The summed E-state index contributed by atoms with van der Waals surface area (Å²) in [5.74, 6) is 2.98. The van der Waals surface area contributed by atoms with E-state index in [1.54, 1.807) is 5.57 Å². The highest BCUT2D eigenvalue weighted by Gasteiger charge is 2.69. The van der Waals surface area contributed by atoms with Gasteiger partial charge in [-0.2, -0.15) is 0 Å². The fourth-order valence-electron chi connectivity index (χ4n) is 10.5. The molecule has 4 aliphatic rings. The summed E-state index contributed by atoms with van der Waals surface area (Å²) in [4.78, 5) is 18.4. The number of Topliss-reactive ketones (excluding diaryl/α,β-unsaturated/α-hetero) is 1. The molecule has 0 bridgehead atoms. The zero-order valence-corrected chi connectivity index (χ0v) is 25.4. The number of ketones is 1. The second kappa shape index (κ2) is 9.60. The Labute approximate surface area is 232 Å². The Hall–Kier alpha value is -1.96.